The zero-order chi connectivity index (χ0) is 18.6. The molecule has 0 aromatic heterocycles. The monoisotopic (exact) mass is 373 g/mol. The maximum atomic E-state index is 14.1. The highest BCUT2D eigenvalue weighted by atomic mass is 32.2. The van der Waals surface area contributed by atoms with Crippen molar-refractivity contribution < 1.29 is 31.1 Å². The van der Waals surface area contributed by atoms with E-state index < -0.39 is 45.7 Å². The minimum Gasteiger partial charge on any atom is -0.465 e. The summed E-state index contributed by atoms with van der Waals surface area (Å²) in [7, 11) is -4.42. The summed E-state index contributed by atoms with van der Waals surface area (Å²) in [6.07, 6.45) is 0. The van der Waals surface area contributed by atoms with Gasteiger partial charge in [0.15, 0.2) is 0 Å². The molecule has 0 atom stereocenters. The molecule has 0 amide bonds. The van der Waals surface area contributed by atoms with Gasteiger partial charge in [-0.05, 0) is 43.3 Å². The minimum atomic E-state index is -4.42. The van der Waals surface area contributed by atoms with Crippen LogP contribution in [0.3, 0.4) is 0 Å². The van der Waals surface area contributed by atoms with E-state index >= 15 is 0 Å². The predicted octanol–water partition coefficient (Wildman–Crippen LogP) is 2.86. The van der Waals surface area contributed by atoms with Crippen LogP contribution in [0.25, 0.3) is 0 Å². The Morgan fingerprint density at radius 2 is 1.64 bits per heavy atom. The number of hydrogen-bond acceptors (Lipinski definition) is 4. The van der Waals surface area contributed by atoms with E-state index in [1.807, 2.05) is 0 Å². The van der Waals surface area contributed by atoms with Gasteiger partial charge in [-0.3, -0.25) is 9.10 Å². The molecule has 0 fully saturated rings. The molecular weight excluding hydrogens is 359 g/mol. The maximum Gasteiger partial charge on any atom is 0.326 e. The second-order valence-electron chi connectivity index (χ2n) is 4.87. The van der Waals surface area contributed by atoms with Crippen LogP contribution in [-0.2, 0) is 19.6 Å². The maximum absolute atomic E-state index is 14.1. The van der Waals surface area contributed by atoms with Crippen molar-refractivity contribution in [2.45, 2.75) is 11.8 Å². The third-order valence-electron chi connectivity index (χ3n) is 3.16. The molecule has 0 heterocycles. The van der Waals surface area contributed by atoms with Gasteiger partial charge in [0.1, 0.15) is 24.0 Å². The molecule has 2 rings (SSSR count). The molecule has 0 radical (unpaired) electrons. The number of halogens is 3. The van der Waals surface area contributed by atoms with Crippen LogP contribution in [0.1, 0.15) is 6.92 Å². The fourth-order valence-electron chi connectivity index (χ4n) is 2.04. The molecule has 25 heavy (non-hydrogen) atoms. The third-order valence-corrected chi connectivity index (χ3v) is 4.93. The molecule has 5 nitrogen and oxygen atoms in total. The molecule has 0 aliphatic rings. The molecule has 0 spiro atoms. The van der Waals surface area contributed by atoms with Crippen molar-refractivity contribution >= 4 is 21.7 Å². The van der Waals surface area contributed by atoms with Crippen molar-refractivity contribution in [1.82, 2.24) is 0 Å². The highest BCUT2D eigenvalue weighted by molar-refractivity contribution is 7.92. The molecule has 0 aliphatic carbocycles. The zero-order valence-electron chi connectivity index (χ0n) is 13.1. The first-order valence-electron chi connectivity index (χ1n) is 7.14. The van der Waals surface area contributed by atoms with Crippen molar-refractivity contribution in [1.29, 1.82) is 0 Å². The van der Waals surface area contributed by atoms with Gasteiger partial charge in [-0.2, -0.15) is 0 Å². The zero-order valence-corrected chi connectivity index (χ0v) is 13.9. The summed E-state index contributed by atoms with van der Waals surface area (Å²) in [5.74, 6) is -3.66. The van der Waals surface area contributed by atoms with E-state index in [-0.39, 0.29) is 11.5 Å². The normalized spacial score (nSPS) is 11.2. The largest absolute Gasteiger partial charge is 0.465 e. The van der Waals surface area contributed by atoms with Gasteiger partial charge in [0.05, 0.1) is 17.2 Å². The SMILES string of the molecule is CCOC(=O)CN(c1ccc(F)cc1F)S(=O)(=O)c1ccc(F)cc1. The van der Waals surface area contributed by atoms with Crippen LogP contribution in [0.5, 0.6) is 0 Å². The summed E-state index contributed by atoms with van der Waals surface area (Å²) in [4.78, 5) is 11.4. The van der Waals surface area contributed by atoms with Crippen LogP contribution in [0.15, 0.2) is 47.4 Å². The van der Waals surface area contributed by atoms with Crippen LogP contribution in [0, 0.1) is 17.5 Å². The average Bonchev–Trinajstić information content (AvgIpc) is 2.54. The lowest BCUT2D eigenvalue weighted by molar-refractivity contribution is -0.141. The quantitative estimate of drug-likeness (QED) is 0.731. The van der Waals surface area contributed by atoms with Crippen molar-refractivity contribution in [2.75, 3.05) is 17.5 Å². The number of rotatable bonds is 6. The number of hydrogen-bond donors (Lipinski definition) is 0. The number of anilines is 1. The fraction of sp³-hybridized carbons (Fsp3) is 0.188. The Balaban J connectivity index is 2.53. The molecule has 0 aliphatic heterocycles. The summed E-state index contributed by atoms with van der Waals surface area (Å²) in [5, 5.41) is 0. The van der Waals surface area contributed by atoms with Crippen molar-refractivity contribution in [3.63, 3.8) is 0 Å². The van der Waals surface area contributed by atoms with Crippen molar-refractivity contribution in [3.8, 4) is 0 Å². The first kappa shape index (κ1) is 18.8. The van der Waals surface area contributed by atoms with Crippen LogP contribution in [0.4, 0.5) is 18.9 Å². The van der Waals surface area contributed by atoms with E-state index in [0.717, 1.165) is 36.4 Å². The van der Waals surface area contributed by atoms with E-state index in [9.17, 15) is 26.4 Å². The van der Waals surface area contributed by atoms with Crippen molar-refractivity contribution in [2.24, 2.45) is 0 Å². The minimum absolute atomic E-state index is 0.00479. The molecule has 2 aromatic rings. The van der Waals surface area contributed by atoms with Gasteiger partial charge < -0.3 is 4.74 Å². The molecule has 134 valence electrons. The smallest absolute Gasteiger partial charge is 0.326 e. The van der Waals surface area contributed by atoms with Crippen LogP contribution in [-0.4, -0.2) is 27.5 Å². The Labute approximate surface area is 142 Å². The fourth-order valence-corrected chi connectivity index (χ4v) is 3.46. The van der Waals surface area contributed by atoms with Gasteiger partial charge in [0.2, 0.25) is 0 Å². The summed E-state index contributed by atoms with van der Waals surface area (Å²) in [6, 6.07) is 6.02. The lowest BCUT2D eigenvalue weighted by Crippen LogP contribution is -2.37. The molecule has 0 bridgehead atoms. The van der Waals surface area contributed by atoms with E-state index in [0.29, 0.717) is 10.4 Å². The number of sulfonamides is 1. The first-order chi connectivity index (χ1) is 11.8. The molecule has 9 heteroatoms. The summed E-state index contributed by atoms with van der Waals surface area (Å²) >= 11 is 0. The topological polar surface area (TPSA) is 63.7 Å². The second kappa shape index (κ2) is 7.56. The summed E-state index contributed by atoms with van der Waals surface area (Å²) in [6.45, 7) is 0.695. The Kier molecular flexibility index (Phi) is 5.68. The number of carbonyl (C=O) groups excluding carboxylic acids is 1. The number of benzene rings is 2. The molecule has 2 aromatic carbocycles. The van der Waals surface area contributed by atoms with Gasteiger partial charge in [-0.15, -0.1) is 0 Å². The molecule has 0 N–H and O–H groups in total. The first-order valence-corrected chi connectivity index (χ1v) is 8.58. The number of ether oxygens (including phenoxy) is 1. The van der Waals surface area contributed by atoms with Gasteiger partial charge in [-0.25, -0.2) is 21.6 Å². The molecule has 0 unspecified atom stereocenters. The van der Waals surface area contributed by atoms with Crippen molar-refractivity contribution in [3.05, 3.63) is 59.9 Å². The Morgan fingerprint density at radius 1 is 1.04 bits per heavy atom. The summed E-state index contributed by atoms with van der Waals surface area (Å²) < 4.78 is 70.9. The second-order valence-corrected chi connectivity index (χ2v) is 6.73. The van der Waals surface area contributed by atoms with Crippen LogP contribution < -0.4 is 4.31 Å². The van der Waals surface area contributed by atoms with Gasteiger partial charge >= 0.3 is 5.97 Å². The number of nitrogens with zero attached hydrogens (tertiary/aromatic N) is 1. The number of carbonyl (C=O) groups is 1. The van der Waals surface area contributed by atoms with Gasteiger partial charge in [-0.1, -0.05) is 0 Å². The van der Waals surface area contributed by atoms with E-state index in [1.165, 1.54) is 6.92 Å². The van der Waals surface area contributed by atoms with E-state index in [4.69, 9.17) is 4.74 Å². The summed E-state index contributed by atoms with van der Waals surface area (Å²) in [5.41, 5.74) is -0.529. The standard InChI is InChI=1S/C16H14F3NO4S/c1-2-24-16(21)10-20(15-8-5-12(18)9-14(15)19)25(22,23)13-6-3-11(17)4-7-13/h3-9H,2,10H2,1H3. The average molecular weight is 373 g/mol. The highest BCUT2D eigenvalue weighted by Crippen LogP contribution is 2.27. The Morgan fingerprint density at radius 3 is 2.20 bits per heavy atom. The third kappa shape index (κ3) is 4.30. The van der Waals surface area contributed by atoms with E-state index in [2.05, 4.69) is 0 Å². The highest BCUT2D eigenvalue weighted by Gasteiger charge is 2.30. The lowest BCUT2D eigenvalue weighted by atomic mass is 10.3. The Bertz CT molecular complexity index is 869. The van der Waals surface area contributed by atoms with Crippen LogP contribution in [0.2, 0.25) is 0 Å². The van der Waals surface area contributed by atoms with Gasteiger partial charge in [0.25, 0.3) is 10.0 Å². The molecule has 0 saturated carbocycles. The van der Waals surface area contributed by atoms with E-state index in [1.54, 1.807) is 0 Å². The number of esters is 1. The molecular formula is C16H14F3NO4S. The predicted molar refractivity (Wildman–Crippen MR) is 83.9 cm³/mol. The lowest BCUT2D eigenvalue weighted by Gasteiger charge is -2.24. The van der Waals surface area contributed by atoms with Crippen LogP contribution >= 0.6 is 0 Å². The Hall–Kier alpha value is -2.55. The van der Waals surface area contributed by atoms with Gasteiger partial charge in [0, 0.05) is 6.07 Å². The molecule has 0 saturated heterocycles.